The average Bonchev–Trinajstić information content (AvgIpc) is 3.31. The lowest BCUT2D eigenvalue weighted by Gasteiger charge is -2.27. The van der Waals surface area contributed by atoms with Crippen molar-refractivity contribution in [1.29, 1.82) is 0 Å². The van der Waals surface area contributed by atoms with Gasteiger partial charge in [0.05, 0.1) is 23.0 Å². The van der Waals surface area contributed by atoms with Gasteiger partial charge in [-0.05, 0) is 57.1 Å². The number of thiazole rings is 1. The molecule has 0 saturated heterocycles. The van der Waals surface area contributed by atoms with Gasteiger partial charge in [0.2, 0.25) is 5.91 Å². The van der Waals surface area contributed by atoms with Crippen molar-refractivity contribution in [2.24, 2.45) is 5.92 Å². The molecular weight excluding hydrogens is 448 g/mol. The van der Waals surface area contributed by atoms with Gasteiger partial charge in [-0.3, -0.25) is 14.7 Å². The molecular formula is C25H28N6O2S. The number of carbonyl (C=O) groups is 2. The predicted octanol–water partition coefficient (Wildman–Crippen LogP) is 3.43. The zero-order chi connectivity index (χ0) is 23.7. The third-order valence-electron chi connectivity index (χ3n) is 5.98. The fraction of sp³-hybridized carbons (Fsp3) is 0.360. The van der Waals surface area contributed by atoms with Crippen LogP contribution in [-0.2, 0) is 4.79 Å². The van der Waals surface area contributed by atoms with E-state index in [1.54, 1.807) is 6.20 Å². The summed E-state index contributed by atoms with van der Waals surface area (Å²) in [5, 5.41) is 10.4. The summed E-state index contributed by atoms with van der Waals surface area (Å²) in [6.45, 7) is 0.958. The Morgan fingerprint density at radius 1 is 1.24 bits per heavy atom. The van der Waals surface area contributed by atoms with Gasteiger partial charge in [-0.25, -0.2) is 4.98 Å². The molecule has 176 valence electrons. The monoisotopic (exact) mass is 476 g/mol. The molecule has 0 spiro atoms. The van der Waals surface area contributed by atoms with Gasteiger partial charge in [0.25, 0.3) is 5.91 Å². The topological polar surface area (TPSA) is 94.2 Å². The molecule has 2 amide bonds. The van der Waals surface area contributed by atoms with E-state index in [-0.39, 0.29) is 23.8 Å². The van der Waals surface area contributed by atoms with Crippen LogP contribution in [0.3, 0.4) is 0 Å². The first kappa shape index (κ1) is 22.5. The fourth-order valence-electron chi connectivity index (χ4n) is 4.21. The van der Waals surface area contributed by atoms with Gasteiger partial charge in [-0.1, -0.05) is 18.2 Å². The van der Waals surface area contributed by atoms with Crippen molar-refractivity contribution in [2.75, 3.05) is 27.2 Å². The molecule has 2 aliphatic carbocycles. The van der Waals surface area contributed by atoms with Gasteiger partial charge in [0, 0.05) is 36.0 Å². The maximum atomic E-state index is 13.5. The molecule has 8 nitrogen and oxygen atoms in total. The number of carbonyl (C=O) groups excluding carboxylic acids is 2. The van der Waals surface area contributed by atoms with E-state index in [1.165, 1.54) is 11.3 Å². The summed E-state index contributed by atoms with van der Waals surface area (Å²) in [6.07, 6.45) is 12.6. The van der Waals surface area contributed by atoms with E-state index < -0.39 is 0 Å². The largest absolute Gasteiger partial charge is 0.333 e. The number of aromatic amines is 1. The lowest BCUT2D eigenvalue weighted by Crippen LogP contribution is -2.38. The van der Waals surface area contributed by atoms with Gasteiger partial charge in [0.15, 0.2) is 5.01 Å². The number of fused-ring (bicyclic) bond motifs is 1. The van der Waals surface area contributed by atoms with Crippen LogP contribution >= 0.6 is 11.3 Å². The van der Waals surface area contributed by atoms with E-state index in [0.29, 0.717) is 18.1 Å². The van der Waals surface area contributed by atoms with E-state index in [9.17, 15) is 9.59 Å². The highest BCUT2D eigenvalue weighted by Gasteiger charge is 2.35. The maximum Gasteiger partial charge on any atom is 0.283 e. The SMILES string of the molecule is CN(C)CC(=O)NC1=CC(CN(C(=O)c2nc3ccc(-c4cn[nH]c4)cc3s2)C2CC2)CC=C1. The Bertz CT molecular complexity index is 1260. The number of nitrogens with one attached hydrogen (secondary N) is 2. The van der Waals surface area contributed by atoms with E-state index in [4.69, 9.17) is 0 Å². The predicted molar refractivity (Wildman–Crippen MR) is 133 cm³/mol. The summed E-state index contributed by atoms with van der Waals surface area (Å²) in [5.74, 6) is 0.113. The average molecular weight is 477 g/mol. The Morgan fingerprint density at radius 2 is 2.09 bits per heavy atom. The molecule has 1 unspecified atom stereocenters. The Kier molecular flexibility index (Phi) is 6.30. The number of rotatable bonds is 8. The first-order valence-corrected chi connectivity index (χ1v) is 12.3. The number of hydrogen-bond donors (Lipinski definition) is 2. The number of nitrogens with zero attached hydrogens (tertiary/aromatic N) is 4. The molecule has 3 aromatic rings. The molecule has 9 heteroatoms. The van der Waals surface area contributed by atoms with Crippen molar-refractivity contribution in [2.45, 2.75) is 25.3 Å². The van der Waals surface area contributed by atoms with E-state index in [0.717, 1.165) is 46.3 Å². The minimum atomic E-state index is -0.0408. The van der Waals surface area contributed by atoms with Crippen LogP contribution in [-0.4, -0.2) is 70.0 Å². The zero-order valence-corrected chi connectivity index (χ0v) is 20.1. The van der Waals surface area contributed by atoms with Gasteiger partial charge in [0.1, 0.15) is 0 Å². The molecule has 2 aliphatic rings. The minimum absolute atomic E-state index is 0.00490. The lowest BCUT2D eigenvalue weighted by atomic mass is 9.98. The fourth-order valence-corrected chi connectivity index (χ4v) is 5.17. The Balaban J connectivity index is 1.31. The first-order valence-electron chi connectivity index (χ1n) is 11.5. The van der Waals surface area contributed by atoms with Gasteiger partial charge >= 0.3 is 0 Å². The first-order chi connectivity index (χ1) is 16.5. The third kappa shape index (κ3) is 5.10. The summed E-state index contributed by atoms with van der Waals surface area (Å²) >= 11 is 1.44. The number of aromatic nitrogens is 3. The summed E-state index contributed by atoms with van der Waals surface area (Å²) in [5.41, 5.74) is 3.69. The van der Waals surface area contributed by atoms with Crippen molar-refractivity contribution < 1.29 is 9.59 Å². The molecule has 2 aromatic heterocycles. The summed E-state index contributed by atoms with van der Waals surface area (Å²) in [7, 11) is 3.74. The van der Waals surface area contributed by atoms with Crippen molar-refractivity contribution in [3.8, 4) is 11.1 Å². The zero-order valence-electron chi connectivity index (χ0n) is 19.3. The Labute approximate surface area is 202 Å². The highest BCUT2D eigenvalue weighted by atomic mass is 32.1. The summed E-state index contributed by atoms with van der Waals surface area (Å²) < 4.78 is 0.990. The number of amides is 2. The molecule has 1 atom stereocenters. The molecule has 1 fully saturated rings. The van der Waals surface area contributed by atoms with E-state index in [2.05, 4.69) is 38.7 Å². The van der Waals surface area contributed by atoms with Crippen LogP contribution in [0.2, 0.25) is 0 Å². The molecule has 2 heterocycles. The van der Waals surface area contributed by atoms with Crippen LogP contribution in [0.1, 0.15) is 29.1 Å². The molecule has 0 aliphatic heterocycles. The quantitative estimate of drug-likeness (QED) is 0.520. The number of allylic oxidation sites excluding steroid dienone is 2. The Hall–Kier alpha value is -3.30. The van der Waals surface area contributed by atoms with Crippen LogP contribution in [0.4, 0.5) is 0 Å². The van der Waals surface area contributed by atoms with Gasteiger partial charge in [-0.2, -0.15) is 5.10 Å². The van der Waals surface area contributed by atoms with Crippen LogP contribution in [0, 0.1) is 5.92 Å². The van der Waals surface area contributed by atoms with Crippen molar-refractivity contribution >= 4 is 33.4 Å². The summed E-state index contributed by atoms with van der Waals surface area (Å²) in [6, 6.07) is 6.30. The highest BCUT2D eigenvalue weighted by Crippen LogP contribution is 2.33. The number of H-pyrrole nitrogens is 1. The van der Waals surface area contributed by atoms with Crippen LogP contribution in [0.5, 0.6) is 0 Å². The van der Waals surface area contributed by atoms with Gasteiger partial charge in [-0.15, -0.1) is 11.3 Å². The van der Waals surface area contributed by atoms with Gasteiger partial charge < -0.3 is 15.1 Å². The standard InChI is InChI=1S/C25H28N6O2S/c1-30(2)15-23(32)28-19-5-3-4-16(10-19)14-31(20-7-8-20)25(33)24-29-21-9-6-17(11-22(21)34-24)18-12-26-27-13-18/h3,5-6,9-13,16,20H,4,7-8,14-15H2,1-2H3,(H,26,27)(H,28,32). The molecule has 2 N–H and O–H groups in total. The van der Waals surface area contributed by atoms with Crippen LogP contribution < -0.4 is 5.32 Å². The van der Waals surface area contributed by atoms with Crippen molar-refractivity contribution in [3.05, 3.63) is 59.5 Å². The highest BCUT2D eigenvalue weighted by molar-refractivity contribution is 7.20. The molecule has 34 heavy (non-hydrogen) atoms. The second-order valence-corrected chi connectivity index (χ2v) is 10.2. The smallest absolute Gasteiger partial charge is 0.283 e. The number of benzene rings is 1. The molecule has 1 aromatic carbocycles. The molecule has 0 radical (unpaired) electrons. The van der Waals surface area contributed by atoms with Crippen LogP contribution in [0.25, 0.3) is 21.3 Å². The lowest BCUT2D eigenvalue weighted by molar-refractivity contribution is -0.120. The van der Waals surface area contributed by atoms with Crippen molar-refractivity contribution in [3.63, 3.8) is 0 Å². The molecule has 1 saturated carbocycles. The Morgan fingerprint density at radius 3 is 2.82 bits per heavy atom. The second kappa shape index (κ2) is 9.52. The normalized spacial score (nSPS) is 17.7. The maximum absolute atomic E-state index is 13.5. The van der Waals surface area contributed by atoms with E-state index >= 15 is 0 Å². The number of likely N-dealkylation sites (N-methyl/N-ethyl adjacent to an activating group) is 1. The second-order valence-electron chi connectivity index (χ2n) is 9.18. The molecule has 0 bridgehead atoms. The summed E-state index contributed by atoms with van der Waals surface area (Å²) in [4.78, 5) is 34.1. The van der Waals surface area contributed by atoms with Crippen molar-refractivity contribution in [1.82, 2.24) is 30.3 Å². The third-order valence-corrected chi connectivity index (χ3v) is 6.98. The van der Waals surface area contributed by atoms with E-state index in [1.807, 2.05) is 48.3 Å². The minimum Gasteiger partial charge on any atom is -0.333 e. The molecule has 5 rings (SSSR count). The van der Waals surface area contributed by atoms with Crippen LogP contribution in [0.15, 0.2) is 54.5 Å². The number of hydrogen-bond acceptors (Lipinski definition) is 6.